The van der Waals surface area contributed by atoms with Crippen molar-refractivity contribution in [3.05, 3.63) is 81.5 Å². The largest absolute Gasteiger partial charge is 0.394 e. The van der Waals surface area contributed by atoms with Gasteiger partial charge >= 0.3 is 0 Å². The summed E-state index contributed by atoms with van der Waals surface area (Å²) in [6.07, 6.45) is 3.18. The summed E-state index contributed by atoms with van der Waals surface area (Å²) in [5.74, 6) is -0.787. The Hall–Kier alpha value is -3.76. The van der Waals surface area contributed by atoms with Crippen molar-refractivity contribution in [1.82, 2.24) is 29.9 Å². The number of rotatable bonds is 6. The zero-order valence-electron chi connectivity index (χ0n) is 18.8. The fourth-order valence-electron chi connectivity index (χ4n) is 4.56. The number of aliphatic hydroxyl groups is 1. The Morgan fingerprint density at radius 3 is 2.74 bits per heavy atom. The molecule has 2 aromatic carbocycles. The van der Waals surface area contributed by atoms with Gasteiger partial charge in [0.15, 0.2) is 0 Å². The monoisotopic (exact) mass is 461 g/mol. The molecular weight excluding hydrogens is 437 g/mol. The summed E-state index contributed by atoms with van der Waals surface area (Å²) in [5.41, 5.74) is 2.50. The number of nitrogens with zero attached hydrogens (tertiary/aromatic N) is 6. The van der Waals surface area contributed by atoms with Crippen LogP contribution in [0.15, 0.2) is 52.5 Å². The van der Waals surface area contributed by atoms with Crippen LogP contribution in [-0.4, -0.2) is 61.9 Å². The molecule has 0 aliphatic carbocycles. The van der Waals surface area contributed by atoms with Gasteiger partial charge < -0.3 is 10.0 Å². The average Bonchev–Trinajstić information content (AvgIpc) is 3.19. The number of aromatic amines is 1. The van der Waals surface area contributed by atoms with Crippen LogP contribution in [0.1, 0.15) is 34.5 Å². The lowest BCUT2D eigenvalue weighted by Crippen LogP contribution is -2.23. The molecule has 2 N–H and O–H groups in total. The van der Waals surface area contributed by atoms with Gasteiger partial charge in [0.25, 0.3) is 5.56 Å². The molecule has 1 aliphatic heterocycles. The molecule has 9 nitrogen and oxygen atoms in total. The van der Waals surface area contributed by atoms with Crippen LogP contribution in [0.4, 0.5) is 10.1 Å². The average molecular weight is 462 g/mol. The van der Waals surface area contributed by atoms with Gasteiger partial charge in [0.05, 0.1) is 35.8 Å². The van der Waals surface area contributed by atoms with Crippen molar-refractivity contribution in [3.63, 3.8) is 0 Å². The summed E-state index contributed by atoms with van der Waals surface area (Å²) in [6, 6.07) is 10.7. The number of aromatic nitrogens is 5. The van der Waals surface area contributed by atoms with Crippen LogP contribution in [0.2, 0.25) is 0 Å². The van der Waals surface area contributed by atoms with Crippen LogP contribution in [0.25, 0.3) is 10.8 Å². The van der Waals surface area contributed by atoms with Crippen LogP contribution in [0.5, 0.6) is 0 Å². The van der Waals surface area contributed by atoms with E-state index in [0.29, 0.717) is 22.6 Å². The van der Waals surface area contributed by atoms with Crippen molar-refractivity contribution in [3.8, 4) is 0 Å². The maximum Gasteiger partial charge on any atom is 0.272 e. The maximum atomic E-state index is 14.4. The Balaban J connectivity index is 1.74. The Bertz CT molecular complexity index is 1430. The third-order valence-corrected chi connectivity index (χ3v) is 5.99. The van der Waals surface area contributed by atoms with Crippen molar-refractivity contribution >= 4 is 22.7 Å². The highest BCUT2D eigenvalue weighted by Crippen LogP contribution is 2.43. The summed E-state index contributed by atoms with van der Waals surface area (Å²) < 4.78 is 16.0. The van der Waals surface area contributed by atoms with E-state index in [9.17, 15) is 14.3 Å². The van der Waals surface area contributed by atoms with E-state index in [2.05, 4.69) is 42.3 Å². The number of hydrogen-bond acceptors (Lipinski definition) is 7. The minimum absolute atomic E-state index is 0.114. The molecule has 0 amide bonds. The first-order chi connectivity index (χ1) is 16.5. The van der Waals surface area contributed by atoms with E-state index in [0.717, 1.165) is 17.7 Å². The molecule has 3 heterocycles. The van der Waals surface area contributed by atoms with Gasteiger partial charge in [0.2, 0.25) is 0 Å². The van der Waals surface area contributed by atoms with E-state index in [-0.39, 0.29) is 24.5 Å². The highest BCUT2D eigenvalue weighted by atomic mass is 19.1. The topological polar surface area (TPSA) is 112 Å². The SMILES string of the molecule is CN(C)Cc1ccc(C2C=Nc3cc(F)cc4c(=O)[nH]nc(c34)C2c2ncnn2CCO)cc1. The molecule has 4 aromatic rings. The minimum atomic E-state index is -0.547. The van der Waals surface area contributed by atoms with Gasteiger partial charge in [0, 0.05) is 30.1 Å². The molecule has 0 spiro atoms. The Labute approximate surface area is 194 Å². The first-order valence-corrected chi connectivity index (χ1v) is 10.9. The van der Waals surface area contributed by atoms with E-state index in [4.69, 9.17) is 0 Å². The van der Waals surface area contributed by atoms with Gasteiger partial charge in [-0.2, -0.15) is 10.2 Å². The molecule has 0 saturated carbocycles. The summed E-state index contributed by atoms with van der Waals surface area (Å²) in [7, 11) is 4.03. The van der Waals surface area contributed by atoms with E-state index in [1.54, 1.807) is 10.9 Å². The summed E-state index contributed by atoms with van der Waals surface area (Å²) >= 11 is 0. The lowest BCUT2D eigenvalue weighted by atomic mass is 9.82. The van der Waals surface area contributed by atoms with E-state index < -0.39 is 17.3 Å². The molecule has 174 valence electrons. The smallest absolute Gasteiger partial charge is 0.272 e. The number of aliphatic imine (C=N–C) groups is 1. The highest BCUT2D eigenvalue weighted by molar-refractivity contribution is 5.97. The Morgan fingerprint density at radius 1 is 1.21 bits per heavy atom. The Morgan fingerprint density at radius 2 is 2.00 bits per heavy atom. The van der Waals surface area contributed by atoms with Gasteiger partial charge in [-0.05, 0) is 31.3 Å². The number of hydrogen-bond donors (Lipinski definition) is 2. The zero-order valence-corrected chi connectivity index (χ0v) is 18.8. The number of H-pyrrole nitrogens is 1. The molecule has 34 heavy (non-hydrogen) atoms. The van der Waals surface area contributed by atoms with Crippen LogP contribution in [0.3, 0.4) is 0 Å². The highest BCUT2D eigenvalue weighted by Gasteiger charge is 2.35. The Kier molecular flexibility index (Phi) is 5.76. The molecule has 0 saturated heterocycles. The van der Waals surface area contributed by atoms with Gasteiger partial charge in [-0.25, -0.2) is 19.2 Å². The maximum absolute atomic E-state index is 14.4. The van der Waals surface area contributed by atoms with E-state index >= 15 is 0 Å². The zero-order chi connectivity index (χ0) is 23.8. The lowest BCUT2D eigenvalue weighted by molar-refractivity contribution is 0.266. The molecule has 1 aliphatic rings. The van der Waals surface area contributed by atoms with Crippen molar-refractivity contribution in [2.75, 3.05) is 20.7 Å². The molecular formula is C24H24FN7O2. The molecule has 2 unspecified atom stereocenters. The van der Waals surface area contributed by atoms with E-state index in [1.165, 1.54) is 18.5 Å². The second-order valence-electron chi connectivity index (χ2n) is 8.61. The third kappa shape index (κ3) is 3.91. The molecule has 10 heteroatoms. The molecule has 0 fully saturated rings. The van der Waals surface area contributed by atoms with Gasteiger partial charge in [-0.3, -0.25) is 9.79 Å². The fourth-order valence-corrected chi connectivity index (χ4v) is 4.56. The molecule has 2 atom stereocenters. The van der Waals surface area contributed by atoms with Crippen LogP contribution >= 0.6 is 0 Å². The molecule has 0 radical (unpaired) electrons. The number of nitrogens with one attached hydrogen (secondary N) is 1. The summed E-state index contributed by atoms with van der Waals surface area (Å²) in [4.78, 5) is 23.7. The van der Waals surface area contributed by atoms with Crippen molar-refractivity contribution < 1.29 is 9.50 Å². The van der Waals surface area contributed by atoms with Gasteiger partial charge in [-0.15, -0.1) is 0 Å². The predicted octanol–water partition coefficient (Wildman–Crippen LogP) is 2.34. The van der Waals surface area contributed by atoms with Crippen molar-refractivity contribution in [1.29, 1.82) is 0 Å². The number of aliphatic hydroxyl groups excluding tert-OH is 1. The summed E-state index contributed by atoms with van der Waals surface area (Å²) in [5, 5.41) is 21.4. The molecule has 5 rings (SSSR count). The van der Waals surface area contributed by atoms with Gasteiger partial charge in [0.1, 0.15) is 18.0 Å². The standard InChI is InChI=1S/C24H24FN7O2/c1-31(2)12-14-3-5-15(6-4-14)18-11-26-19-10-16(25)9-17-20(19)22(29-30-24(17)34)21(18)23-27-13-28-32(23)7-8-33/h3-6,9-11,13,18,21,33H,7-8,12H2,1-2H3,(H,30,34). The van der Waals surface area contributed by atoms with Crippen molar-refractivity contribution in [2.24, 2.45) is 4.99 Å². The molecule has 2 aromatic heterocycles. The first kappa shape index (κ1) is 22.1. The number of benzene rings is 2. The predicted molar refractivity (Wildman–Crippen MR) is 126 cm³/mol. The van der Waals surface area contributed by atoms with Gasteiger partial charge in [-0.1, -0.05) is 24.3 Å². The molecule has 0 bridgehead atoms. The third-order valence-electron chi connectivity index (χ3n) is 5.99. The van der Waals surface area contributed by atoms with Crippen LogP contribution < -0.4 is 5.56 Å². The number of halogens is 1. The second-order valence-corrected chi connectivity index (χ2v) is 8.61. The fraction of sp³-hybridized carbons (Fsp3) is 0.292. The first-order valence-electron chi connectivity index (χ1n) is 10.9. The second kappa shape index (κ2) is 8.88. The van der Waals surface area contributed by atoms with Crippen LogP contribution in [0, 0.1) is 5.82 Å². The quantitative estimate of drug-likeness (QED) is 0.456. The van der Waals surface area contributed by atoms with E-state index in [1.807, 2.05) is 26.2 Å². The summed E-state index contributed by atoms with van der Waals surface area (Å²) in [6.45, 7) is 0.942. The normalized spacial score (nSPS) is 17.4. The minimum Gasteiger partial charge on any atom is -0.394 e. The van der Waals surface area contributed by atoms with Crippen molar-refractivity contribution in [2.45, 2.75) is 24.9 Å². The van der Waals surface area contributed by atoms with Crippen LogP contribution in [-0.2, 0) is 13.1 Å². The lowest BCUT2D eigenvalue weighted by Gasteiger charge is -2.24.